The lowest BCUT2D eigenvalue weighted by atomic mass is 10.3. The number of rotatable bonds is 4. The fourth-order valence-corrected chi connectivity index (χ4v) is 3.01. The molecule has 3 aromatic rings. The van der Waals surface area contributed by atoms with Crippen molar-refractivity contribution in [3.05, 3.63) is 52.1 Å². The molecule has 0 aliphatic carbocycles. The molecule has 0 bridgehead atoms. The molecule has 1 N–H and O–H groups in total. The molecule has 3 rings (SSSR count). The van der Waals surface area contributed by atoms with Crippen LogP contribution < -0.4 is 0 Å². The third-order valence-corrected chi connectivity index (χ3v) is 4.11. The topological polar surface area (TPSA) is 67.0 Å². The number of nitrogens with zero attached hydrogens (tertiary/aromatic N) is 3. The quantitative estimate of drug-likeness (QED) is 0.726. The Balaban J connectivity index is 2.07. The van der Waals surface area contributed by atoms with Crippen molar-refractivity contribution in [1.29, 1.82) is 0 Å². The van der Waals surface area contributed by atoms with Gasteiger partial charge in [-0.3, -0.25) is 14.2 Å². The van der Waals surface area contributed by atoms with E-state index in [1.165, 1.54) is 28.0 Å². The molecule has 0 saturated heterocycles. The van der Waals surface area contributed by atoms with E-state index in [1.54, 1.807) is 23.6 Å². The van der Waals surface area contributed by atoms with Crippen LogP contribution in [0.4, 0.5) is 18.9 Å². The highest BCUT2D eigenvalue weighted by molar-refractivity contribution is 7.10. The Morgan fingerprint density at radius 3 is 2.88 bits per heavy atom. The molecule has 0 atom stereocenters. The summed E-state index contributed by atoms with van der Waals surface area (Å²) < 4.78 is 40.9. The molecular weight excluding hydrogens is 343 g/mol. The van der Waals surface area contributed by atoms with Gasteiger partial charge in [-0.25, -0.2) is 4.98 Å². The van der Waals surface area contributed by atoms with Crippen LogP contribution in [0.25, 0.3) is 5.65 Å². The third kappa shape index (κ3) is 3.16. The van der Waals surface area contributed by atoms with Crippen LogP contribution in [0.3, 0.4) is 0 Å². The lowest BCUT2D eigenvalue weighted by Crippen LogP contribution is -2.09. The first-order chi connectivity index (χ1) is 11.4. The van der Waals surface area contributed by atoms with Crippen molar-refractivity contribution in [3.63, 3.8) is 0 Å². The monoisotopic (exact) mass is 353 g/mol. The number of hydrogen-bond acceptors (Lipinski definition) is 4. The Bertz CT molecular complexity index is 928. The van der Waals surface area contributed by atoms with Crippen LogP contribution >= 0.6 is 11.3 Å². The predicted octanol–water partition coefficient (Wildman–Crippen LogP) is 3.79. The zero-order chi connectivity index (χ0) is 17.3. The molecule has 9 heteroatoms. The number of pyridine rings is 1. The van der Waals surface area contributed by atoms with Gasteiger partial charge in [0.25, 0.3) is 0 Å². The fourth-order valence-electron chi connectivity index (χ4n) is 2.20. The molecule has 0 amide bonds. The van der Waals surface area contributed by atoms with E-state index in [0.717, 1.165) is 6.21 Å². The number of halogens is 3. The molecule has 0 aliphatic rings. The van der Waals surface area contributed by atoms with Gasteiger partial charge < -0.3 is 5.11 Å². The number of imidazole rings is 1. The highest BCUT2D eigenvalue weighted by Gasteiger charge is 2.37. The minimum Gasteiger partial charge on any atom is -0.481 e. The normalized spacial score (nSPS) is 12.3. The van der Waals surface area contributed by atoms with Crippen LogP contribution in [0.2, 0.25) is 0 Å². The molecule has 0 spiro atoms. The number of aliphatic imine (C=N–C) groups is 1. The first-order valence-electron chi connectivity index (χ1n) is 6.73. The minimum absolute atomic E-state index is 0.155. The van der Waals surface area contributed by atoms with Crippen molar-refractivity contribution >= 4 is 34.9 Å². The van der Waals surface area contributed by atoms with E-state index >= 15 is 0 Å². The SMILES string of the molecule is O=C(O)Cc1sccc1/N=C/c1c(C(F)(F)F)nc2ccccn12. The molecule has 3 heterocycles. The van der Waals surface area contributed by atoms with Gasteiger partial charge in [-0.15, -0.1) is 11.3 Å². The van der Waals surface area contributed by atoms with Gasteiger partial charge in [0.2, 0.25) is 0 Å². The molecular formula is C15H10F3N3O2S. The maximum atomic E-state index is 13.2. The molecule has 5 nitrogen and oxygen atoms in total. The van der Waals surface area contributed by atoms with Crippen LogP contribution in [0, 0.1) is 0 Å². The Morgan fingerprint density at radius 1 is 1.38 bits per heavy atom. The lowest BCUT2D eigenvalue weighted by Gasteiger charge is -2.04. The molecule has 0 radical (unpaired) electrons. The number of alkyl halides is 3. The first-order valence-corrected chi connectivity index (χ1v) is 7.61. The summed E-state index contributed by atoms with van der Waals surface area (Å²) in [5.41, 5.74) is -0.748. The number of aliphatic carboxylic acids is 1. The molecule has 0 unspecified atom stereocenters. The van der Waals surface area contributed by atoms with Crippen molar-refractivity contribution in [1.82, 2.24) is 9.38 Å². The standard InChI is InChI=1S/C15H10F3N3O2S/c16-15(17,18)14-10(21-5-2-1-3-12(21)20-14)8-19-9-4-6-24-11(9)7-13(22)23/h1-6,8H,7H2,(H,22,23)/b19-8+. The summed E-state index contributed by atoms with van der Waals surface area (Å²) in [6, 6.07) is 6.21. The van der Waals surface area contributed by atoms with Crippen LogP contribution in [0.15, 0.2) is 40.8 Å². The molecule has 0 aromatic carbocycles. The second kappa shape index (κ2) is 6.08. The Kier molecular flexibility index (Phi) is 4.10. The third-order valence-electron chi connectivity index (χ3n) is 3.19. The van der Waals surface area contributed by atoms with Crippen molar-refractivity contribution < 1.29 is 23.1 Å². The summed E-state index contributed by atoms with van der Waals surface area (Å²) in [7, 11) is 0. The van der Waals surface area contributed by atoms with Gasteiger partial charge in [0, 0.05) is 11.1 Å². The minimum atomic E-state index is -4.62. The Labute approximate surface area is 137 Å². The van der Waals surface area contributed by atoms with Gasteiger partial charge in [0.05, 0.1) is 24.0 Å². The highest BCUT2D eigenvalue weighted by Crippen LogP contribution is 2.32. The summed E-state index contributed by atoms with van der Waals surface area (Å²) in [4.78, 5) is 18.9. The van der Waals surface area contributed by atoms with Gasteiger partial charge in [-0.2, -0.15) is 13.2 Å². The summed E-state index contributed by atoms with van der Waals surface area (Å²) >= 11 is 1.19. The van der Waals surface area contributed by atoms with E-state index < -0.39 is 17.8 Å². The Hall–Kier alpha value is -2.68. The van der Waals surface area contributed by atoms with Gasteiger partial charge in [0.1, 0.15) is 5.65 Å². The van der Waals surface area contributed by atoms with E-state index in [2.05, 4.69) is 9.98 Å². The number of fused-ring (bicyclic) bond motifs is 1. The molecule has 0 aliphatic heterocycles. The second-order valence-electron chi connectivity index (χ2n) is 4.83. The van der Waals surface area contributed by atoms with Gasteiger partial charge in [0.15, 0.2) is 5.69 Å². The van der Waals surface area contributed by atoms with Gasteiger partial charge in [-0.1, -0.05) is 6.07 Å². The lowest BCUT2D eigenvalue weighted by molar-refractivity contribution is -0.141. The molecule has 3 aromatic heterocycles. The van der Waals surface area contributed by atoms with Crippen molar-refractivity contribution in [2.24, 2.45) is 4.99 Å². The maximum absolute atomic E-state index is 13.2. The first kappa shape index (κ1) is 16.2. The number of carbonyl (C=O) groups is 1. The maximum Gasteiger partial charge on any atom is 0.435 e. The summed E-state index contributed by atoms with van der Waals surface area (Å²) in [5, 5.41) is 10.5. The fraction of sp³-hybridized carbons (Fsp3) is 0.133. The van der Waals surface area contributed by atoms with E-state index in [9.17, 15) is 18.0 Å². The number of carboxylic acid groups (broad SMARTS) is 1. The Morgan fingerprint density at radius 2 is 2.17 bits per heavy atom. The van der Waals surface area contributed by atoms with E-state index in [-0.39, 0.29) is 17.8 Å². The second-order valence-corrected chi connectivity index (χ2v) is 5.83. The smallest absolute Gasteiger partial charge is 0.435 e. The average Bonchev–Trinajstić information content (AvgIpc) is 3.08. The van der Waals surface area contributed by atoms with Crippen molar-refractivity contribution in [2.45, 2.75) is 12.6 Å². The van der Waals surface area contributed by atoms with Gasteiger partial charge >= 0.3 is 12.1 Å². The number of hydrogen-bond donors (Lipinski definition) is 1. The number of aromatic nitrogens is 2. The van der Waals surface area contributed by atoms with Crippen molar-refractivity contribution in [2.75, 3.05) is 0 Å². The molecule has 24 heavy (non-hydrogen) atoms. The number of carboxylic acids is 1. The van der Waals surface area contributed by atoms with E-state index in [0.29, 0.717) is 10.6 Å². The molecule has 124 valence electrons. The van der Waals surface area contributed by atoms with E-state index in [4.69, 9.17) is 5.11 Å². The highest BCUT2D eigenvalue weighted by atomic mass is 32.1. The van der Waals surface area contributed by atoms with Crippen LogP contribution in [-0.2, 0) is 17.4 Å². The zero-order valence-electron chi connectivity index (χ0n) is 12.0. The molecule has 0 saturated carbocycles. The van der Waals surface area contributed by atoms with Crippen LogP contribution in [-0.4, -0.2) is 26.7 Å². The zero-order valence-corrected chi connectivity index (χ0v) is 12.8. The van der Waals surface area contributed by atoms with Crippen LogP contribution in [0.5, 0.6) is 0 Å². The average molecular weight is 353 g/mol. The van der Waals surface area contributed by atoms with Gasteiger partial charge in [-0.05, 0) is 23.6 Å². The molecule has 0 fully saturated rings. The predicted molar refractivity (Wildman–Crippen MR) is 83.1 cm³/mol. The van der Waals surface area contributed by atoms with Crippen LogP contribution in [0.1, 0.15) is 16.3 Å². The summed E-state index contributed by atoms with van der Waals surface area (Å²) in [5.74, 6) is -1.03. The largest absolute Gasteiger partial charge is 0.481 e. The van der Waals surface area contributed by atoms with Crippen molar-refractivity contribution in [3.8, 4) is 0 Å². The summed E-state index contributed by atoms with van der Waals surface area (Å²) in [6.07, 6.45) is -2.32. The number of thiophene rings is 1. The van der Waals surface area contributed by atoms with E-state index in [1.807, 2.05) is 0 Å². The summed E-state index contributed by atoms with van der Waals surface area (Å²) in [6.45, 7) is 0.